The largest absolute Gasteiger partial charge is 0.472 e. The zero-order chi connectivity index (χ0) is 37.7. The fraction of sp³-hybridized carbons (Fsp3) is 0.833. The fourth-order valence-corrected chi connectivity index (χ4v) is 6.13. The van der Waals surface area contributed by atoms with Crippen LogP contribution in [0.3, 0.4) is 0 Å². The maximum atomic E-state index is 12.6. The van der Waals surface area contributed by atoms with E-state index in [0.717, 1.165) is 51.4 Å². The highest BCUT2D eigenvalue weighted by Crippen LogP contribution is 2.43. The van der Waals surface area contributed by atoms with Crippen LogP contribution in [0, 0.1) is 0 Å². The van der Waals surface area contributed by atoms with E-state index in [0.29, 0.717) is 24.1 Å². The van der Waals surface area contributed by atoms with Gasteiger partial charge in [0.25, 0.3) is 0 Å². The van der Waals surface area contributed by atoms with Crippen molar-refractivity contribution in [3.63, 3.8) is 0 Å². The number of carbonyl (C=O) groups excluding carboxylic acids is 1. The molecule has 0 bridgehead atoms. The second kappa shape index (κ2) is 35.7. The first kappa shape index (κ1) is 49.7. The Labute approximate surface area is 315 Å². The third-order valence-electron chi connectivity index (χ3n) is 8.67. The van der Waals surface area contributed by atoms with Crippen LogP contribution < -0.4 is 0 Å². The van der Waals surface area contributed by atoms with Crippen LogP contribution >= 0.6 is 7.82 Å². The molecule has 0 aliphatic rings. The number of esters is 1. The molecule has 0 spiro atoms. The van der Waals surface area contributed by atoms with Crippen LogP contribution in [0.1, 0.15) is 168 Å². The molecule has 2 atom stereocenters. The lowest BCUT2D eigenvalue weighted by Crippen LogP contribution is -2.37. The average Bonchev–Trinajstić information content (AvgIpc) is 3.08. The number of rotatable bonds is 38. The van der Waals surface area contributed by atoms with Crippen LogP contribution in [0.15, 0.2) is 36.5 Å². The van der Waals surface area contributed by atoms with Crippen LogP contribution in [0.25, 0.3) is 0 Å². The normalized spacial score (nSPS) is 14.2. The maximum Gasteiger partial charge on any atom is 0.472 e. The van der Waals surface area contributed by atoms with Gasteiger partial charge in [-0.05, 0) is 64.2 Å². The summed E-state index contributed by atoms with van der Waals surface area (Å²) in [4.78, 5) is 22.8. The van der Waals surface area contributed by atoms with Crippen molar-refractivity contribution in [3.05, 3.63) is 36.5 Å². The molecule has 0 aromatic rings. The maximum absolute atomic E-state index is 12.6. The minimum absolute atomic E-state index is 0.0854. The predicted molar refractivity (Wildman–Crippen MR) is 215 cm³/mol. The summed E-state index contributed by atoms with van der Waals surface area (Å²) in [7, 11) is 1.65. The van der Waals surface area contributed by atoms with Crippen molar-refractivity contribution in [1.82, 2.24) is 0 Å². The molecule has 2 unspecified atom stereocenters. The van der Waals surface area contributed by atoms with E-state index >= 15 is 0 Å². The minimum atomic E-state index is -4.27. The van der Waals surface area contributed by atoms with E-state index in [1.807, 2.05) is 21.1 Å². The van der Waals surface area contributed by atoms with E-state index in [2.05, 4.69) is 50.3 Å². The number of hydrogen-bond acceptors (Lipinski definition) is 6. The quantitative estimate of drug-likeness (QED) is 0.0221. The van der Waals surface area contributed by atoms with Crippen molar-refractivity contribution in [2.24, 2.45) is 0 Å². The number of hydrogen-bond donors (Lipinski definition) is 1. The topological polar surface area (TPSA) is 91.3 Å². The number of phosphoric ester groups is 1. The molecule has 0 aromatic carbocycles. The Kier molecular flexibility index (Phi) is 34.8. The monoisotopic (exact) mass is 743 g/mol. The van der Waals surface area contributed by atoms with Gasteiger partial charge in [-0.15, -0.1) is 0 Å². The highest BCUT2D eigenvalue weighted by Gasteiger charge is 2.26. The van der Waals surface area contributed by atoms with Crippen molar-refractivity contribution in [1.29, 1.82) is 0 Å². The highest BCUT2D eigenvalue weighted by atomic mass is 31.2. The third kappa shape index (κ3) is 39.8. The summed E-state index contributed by atoms with van der Waals surface area (Å²) in [5.41, 5.74) is 0. The van der Waals surface area contributed by atoms with E-state index in [9.17, 15) is 14.3 Å². The lowest BCUT2D eigenvalue weighted by atomic mass is 10.1. The smallest absolute Gasteiger partial charge is 0.457 e. The van der Waals surface area contributed by atoms with E-state index in [1.54, 1.807) is 0 Å². The Morgan fingerprint density at radius 2 is 1.10 bits per heavy atom. The van der Waals surface area contributed by atoms with E-state index in [1.165, 1.54) is 96.3 Å². The first-order valence-electron chi connectivity index (χ1n) is 20.7. The van der Waals surface area contributed by atoms with Gasteiger partial charge >= 0.3 is 13.8 Å². The Morgan fingerprint density at radius 1 is 0.608 bits per heavy atom. The summed E-state index contributed by atoms with van der Waals surface area (Å²) in [6.07, 6.45) is 40.3. The molecular weight excluding hydrogens is 661 g/mol. The summed E-state index contributed by atoms with van der Waals surface area (Å²) in [5, 5.41) is 0. The summed E-state index contributed by atoms with van der Waals surface area (Å²) in [5.74, 6) is -0.328. The van der Waals surface area contributed by atoms with E-state index < -0.39 is 13.9 Å². The highest BCUT2D eigenvalue weighted by molar-refractivity contribution is 7.47. The van der Waals surface area contributed by atoms with Crippen LogP contribution in [0.5, 0.6) is 0 Å². The Bertz CT molecular complexity index is 915. The third-order valence-corrected chi connectivity index (χ3v) is 9.66. The lowest BCUT2D eigenvalue weighted by Gasteiger charge is -2.24. The zero-order valence-electron chi connectivity index (χ0n) is 33.8. The number of nitrogens with zero attached hydrogens (tertiary/aromatic N) is 1. The van der Waals surface area contributed by atoms with Crippen molar-refractivity contribution in [3.8, 4) is 0 Å². The number of ether oxygens (including phenoxy) is 2. The van der Waals surface area contributed by atoms with Gasteiger partial charge in [0.05, 0.1) is 34.4 Å². The molecule has 0 fully saturated rings. The molecule has 0 aromatic heterocycles. The number of phosphoric acid groups is 1. The summed E-state index contributed by atoms with van der Waals surface area (Å²) in [6, 6.07) is 0. The minimum Gasteiger partial charge on any atom is -0.457 e. The molecule has 8 nitrogen and oxygen atoms in total. The summed E-state index contributed by atoms with van der Waals surface area (Å²) in [6.45, 7) is 5.53. The zero-order valence-corrected chi connectivity index (χ0v) is 34.7. The Hall–Kier alpha value is -1.28. The summed E-state index contributed by atoms with van der Waals surface area (Å²) >= 11 is 0. The van der Waals surface area contributed by atoms with Gasteiger partial charge in [-0.2, -0.15) is 0 Å². The van der Waals surface area contributed by atoms with Gasteiger partial charge in [0.1, 0.15) is 19.3 Å². The standard InChI is InChI=1S/C42H80NO7P/c1-6-8-10-12-14-16-18-19-20-21-22-23-24-26-28-30-32-34-37-47-39-41(40-49-51(45,46)48-38-36-43(3,4)5)50-42(44)35-33-31-29-27-25-17-15-13-11-9-7-2/h13-16,19-20,41H,6-12,17-18,21-40H2,1-5H3/p+1/b15-13-,16-14-,20-19-. The van der Waals surface area contributed by atoms with Crippen LogP contribution in [-0.4, -0.2) is 75.6 Å². The number of quaternary nitrogens is 1. The molecule has 300 valence electrons. The molecule has 1 N–H and O–H groups in total. The molecular formula is C42H81NO7P+. The average molecular weight is 743 g/mol. The van der Waals surface area contributed by atoms with Gasteiger partial charge < -0.3 is 18.9 Å². The van der Waals surface area contributed by atoms with Gasteiger partial charge in [0.15, 0.2) is 0 Å². The van der Waals surface area contributed by atoms with Crippen molar-refractivity contribution < 1.29 is 37.3 Å². The molecule has 0 heterocycles. The predicted octanol–water partition coefficient (Wildman–Crippen LogP) is 11.8. The van der Waals surface area contributed by atoms with Crippen LogP contribution in [0.2, 0.25) is 0 Å². The first-order chi connectivity index (χ1) is 24.6. The van der Waals surface area contributed by atoms with Crippen LogP contribution in [-0.2, 0) is 27.9 Å². The number of unbranched alkanes of at least 4 members (excludes halogenated alkanes) is 18. The molecule has 0 amide bonds. The second-order valence-electron chi connectivity index (χ2n) is 15.0. The second-order valence-corrected chi connectivity index (χ2v) is 16.5. The number of carbonyl (C=O) groups is 1. The van der Waals surface area contributed by atoms with Crippen molar-refractivity contribution in [2.45, 2.75) is 174 Å². The summed E-state index contributed by atoms with van der Waals surface area (Å²) < 4.78 is 34.9. The molecule has 9 heteroatoms. The molecule has 0 aliphatic carbocycles. The molecule has 0 saturated carbocycles. The van der Waals surface area contributed by atoms with Gasteiger partial charge in [-0.25, -0.2) is 4.57 Å². The molecule has 0 rings (SSSR count). The molecule has 51 heavy (non-hydrogen) atoms. The molecule has 0 aliphatic heterocycles. The van der Waals surface area contributed by atoms with Gasteiger partial charge in [-0.3, -0.25) is 13.8 Å². The fourth-order valence-electron chi connectivity index (χ4n) is 5.39. The lowest BCUT2D eigenvalue weighted by molar-refractivity contribution is -0.870. The van der Waals surface area contributed by atoms with E-state index in [4.69, 9.17) is 18.5 Å². The van der Waals surface area contributed by atoms with Crippen molar-refractivity contribution in [2.75, 3.05) is 54.1 Å². The Morgan fingerprint density at radius 3 is 1.67 bits per heavy atom. The number of allylic oxidation sites excluding steroid dienone is 6. The molecule has 0 radical (unpaired) electrons. The van der Waals surface area contributed by atoms with Gasteiger partial charge in [-0.1, -0.05) is 134 Å². The SMILES string of the molecule is CCCC/C=C\CCCCCCCC(=O)OC(COCCCCCCCCCC/C=C\C/C=C\CCCCC)COP(=O)(O)OCC[N+](C)(C)C. The Balaban J connectivity index is 4.24. The molecule has 0 saturated heterocycles. The van der Waals surface area contributed by atoms with Crippen molar-refractivity contribution >= 4 is 13.8 Å². The van der Waals surface area contributed by atoms with Gasteiger partial charge in [0, 0.05) is 13.0 Å². The van der Waals surface area contributed by atoms with Crippen LogP contribution in [0.4, 0.5) is 0 Å². The first-order valence-corrected chi connectivity index (χ1v) is 22.2. The van der Waals surface area contributed by atoms with E-state index in [-0.39, 0.29) is 25.8 Å². The number of likely N-dealkylation sites (N-methyl/N-ethyl adjacent to an activating group) is 1. The van der Waals surface area contributed by atoms with Gasteiger partial charge in [0.2, 0.25) is 0 Å².